The largest absolute Gasteiger partial charge is 0.350 e. The minimum atomic E-state index is -0.448. The van der Waals surface area contributed by atoms with E-state index < -0.39 is 6.03 Å². The molecule has 3 N–H and O–H groups in total. The molecule has 0 fully saturated rings. The van der Waals surface area contributed by atoms with E-state index in [1.165, 1.54) is 10.4 Å². The number of nitrogens with one attached hydrogen (secondary N) is 3. The highest BCUT2D eigenvalue weighted by atomic mass is 32.1. The zero-order valence-corrected chi connectivity index (χ0v) is 15.8. The van der Waals surface area contributed by atoms with Gasteiger partial charge in [0, 0.05) is 36.5 Å². The highest BCUT2D eigenvalue weighted by Crippen LogP contribution is 2.24. The zero-order chi connectivity index (χ0) is 18.4. The lowest BCUT2D eigenvalue weighted by atomic mass is 10.1. The van der Waals surface area contributed by atoms with Crippen molar-refractivity contribution in [3.8, 4) is 0 Å². The van der Waals surface area contributed by atoms with E-state index in [2.05, 4.69) is 27.4 Å². The van der Waals surface area contributed by atoms with Crippen LogP contribution in [-0.4, -0.2) is 47.9 Å². The summed E-state index contributed by atoms with van der Waals surface area (Å²) in [5, 5.41) is 9.90. The first kappa shape index (κ1) is 19.2. The molecule has 2 heterocycles. The van der Waals surface area contributed by atoms with Crippen LogP contribution in [0, 0.1) is 0 Å². The van der Waals surface area contributed by atoms with Crippen LogP contribution in [-0.2, 0) is 22.6 Å². The van der Waals surface area contributed by atoms with Gasteiger partial charge in [0.2, 0.25) is 11.8 Å². The summed E-state index contributed by atoms with van der Waals surface area (Å²) in [4.78, 5) is 38.7. The van der Waals surface area contributed by atoms with Crippen LogP contribution >= 0.6 is 11.3 Å². The SMILES string of the molecule is CC(C)(C)NC(=O)CNC(=O)NCCC(=O)N1CCc2sccc2C1. The van der Waals surface area contributed by atoms with Gasteiger partial charge in [0.1, 0.15) is 0 Å². The van der Waals surface area contributed by atoms with E-state index in [4.69, 9.17) is 0 Å². The van der Waals surface area contributed by atoms with Crippen molar-refractivity contribution in [3.05, 3.63) is 21.9 Å². The van der Waals surface area contributed by atoms with Crippen molar-refractivity contribution in [2.75, 3.05) is 19.6 Å². The van der Waals surface area contributed by atoms with E-state index in [0.29, 0.717) is 6.54 Å². The van der Waals surface area contributed by atoms with Crippen molar-refractivity contribution in [2.45, 2.75) is 45.7 Å². The summed E-state index contributed by atoms with van der Waals surface area (Å²) in [6, 6.07) is 1.61. The van der Waals surface area contributed by atoms with E-state index >= 15 is 0 Å². The lowest BCUT2D eigenvalue weighted by Gasteiger charge is -2.27. The summed E-state index contributed by atoms with van der Waals surface area (Å²) in [6.07, 6.45) is 1.15. The predicted octanol–water partition coefficient (Wildman–Crippen LogP) is 1.24. The van der Waals surface area contributed by atoms with Crippen molar-refractivity contribution in [1.29, 1.82) is 0 Å². The lowest BCUT2D eigenvalue weighted by Crippen LogP contribution is -2.48. The van der Waals surface area contributed by atoms with Crippen molar-refractivity contribution in [2.24, 2.45) is 0 Å². The highest BCUT2D eigenvalue weighted by molar-refractivity contribution is 7.10. The topological polar surface area (TPSA) is 90.5 Å². The molecular weight excluding hydrogens is 340 g/mol. The van der Waals surface area contributed by atoms with Crippen molar-refractivity contribution in [1.82, 2.24) is 20.9 Å². The number of urea groups is 1. The number of hydrogen-bond acceptors (Lipinski definition) is 4. The summed E-state index contributed by atoms with van der Waals surface area (Å²) < 4.78 is 0. The summed E-state index contributed by atoms with van der Waals surface area (Å²) >= 11 is 1.74. The summed E-state index contributed by atoms with van der Waals surface area (Å²) in [5.74, 6) is -0.221. The van der Waals surface area contributed by atoms with Crippen LogP contribution in [0.15, 0.2) is 11.4 Å². The monoisotopic (exact) mass is 366 g/mol. The summed E-state index contributed by atoms with van der Waals surface area (Å²) in [5.41, 5.74) is 0.887. The van der Waals surface area contributed by atoms with Gasteiger partial charge in [-0.2, -0.15) is 0 Å². The van der Waals surface area contributed by atoms with Crippen LogP contribution in [0.25, 0.3) is 0 Å². The molecule has 1 aliphatic heterocycles. The first-order valence-electron chi connectivity index (χ1n) is 8.40. The van der Waals surface area contributed by atoms with Crippen LogP contribution < -0.4 is 16.0 Å². The van der Waals surface area contributed by atoms with E-state index in [0.717, 1.165) is 13.0 Å². The van der Waals surface area contributed by atoms with Crippen molar-refractivity contribution < 1.29 is 14.4 Å². The Balaban J connectivity index is 1.63. The first-order chi connectivity index (χ1) is 11.7. The minimum absolute atomic E-state index is 0.0302. The Hall–Kier alpha value is -2.09. The molecule has 2 rings (SSSR count). The molecule has 1 aromatic heterocycles. The Bertz CT molecular complexity index is 636. The number of thiophene rings is 1. The average molecular weight is 366 g/mol. The van der Waals surface area contributed by atoms with E-state index in [-0.39, 0.29) is 36.9 Å². The molecule has 4 amide bonds. The van der Waals surface area contributed by atoms with Crippen molar-refractivity contribution >= 4 is 29.2 Å². The maximum Gasteiger partial charge on any atom is 0.315 e. The van der Waals surface area contributed by atoms with Gasteiger partial charge in [-0.1, -0.05) is 0 Å². The highest BCUT2D eigenvalue weighted by Gasteiger charge is 2.21. The molecule has 0 saturated heterocycles. The first-order valence-corrected chi connectivity index (χ1v) is 9.28. The molecule has 1 aromatic rings. The quantitative estimate of drug-likeness (QED) is 0.732. The second-order valence-corrected chi connectivity index (χ2v) is 8.09. The standard InChI is InChI=1S/C17H26N4O3S/c1-17(2,3)20-14(22)10-19-16(24)18-7-4-15(23)21-8-5-13-12(11-21)6-9-25-13/h6,9H,4-5,7-8,10-11H2,1-3H3,(H,20,22)(H2,18,19,24). The van der Waals surface area contributed by atoms with Crippen LogP contribution in [0.4, 0.5) is 4.79 Å². The third-order valence-corrected chi connectivity index (χ3v) is 4.73. The third kappa shape index (κ3) is 6.38. The van der Waals surface area contributed by atoms with Gasteiger partial charge in [-0.15, -0.1) is 11.3 Å². The number of carbonyl (C=O) groups excluding carboxylic acids is 3. The molecule has 8 heteroatoms. The molecule has 0 aliphatic carbocycles. The van der Waals surface area contributed by atoms with Gasteiger partial charge in [0.05, 0.1) is 6.54 Å². The molecular formula is C17H26N4O3S. The van der Waals surface area contributed by atoms with Gasteiger partial charge in [-0.05, 0) is 44.2 Å². The molecule has 0 atom stereocenters. The molecule has 0 unspecified atom stereocenters. The molecule has 25 heavy (non-hydrogen) atoms. The number of fused-ring (bicyclic) bond motifs is 1. The maximum absolute atomic E-state index is 12.2. The van der Waals surface area contributed by atoms with Crippen LogP contribution in [0.1, 0.15) is 37.6 Å². The van der Waals surface area contributed by atoms with Gasteiger partial charge in [0.15, 0.2) is 0 Å². The number of amides is 4. The fourth-order valence-corrected chi connectivity index (χ4v) is 3.48. The molecule has 0 aromatic carbocycles. The minimum Gasteiger partial charge on any atom is -0.350 e. The molecule has 1 aliphatic rings. The van der Waals surface area contributed by atoms with Crippen LogP contribution in [0.5, 0.6) is 0 Å². The van der Waals surface area contributed by atoms with Gasteiger partial charge in [0.25, 0.3) is 0 Å². The fourth-order valence-electron chi connectivity index (χ4n) is 2.59. The molecule has 0 spiro atoms. The van der Waals surface area contributed by atoms with Gasteiger partial charge in [-0.3, -0.25) is 9.59 Å². The number of rotatable bonds is 5. The Morgan fingerprint density at radius 1 is 1.24 bits per heavy atom. The number of hydrogen-bond donors (Lipinski definition) is 3. The smallest absolute Gasteiger partial charge is 0.315 e. The van der Waals surface area contributed by atoms with Gasteiger partial charge < -0.3 is 20.9 Å². The van der Waals surface area contributed by atoms with Gasteiger partial charge >= 0.3 is 6.03 Å². The third-order valence-electron chi connectivity index (χ3n) is 3.71. The lowest BCUT2D eigenvalue weighted by molar-refractivity contribution is -0.132. The summed E-state index contributed by atoms with van der Waals surface area (Å²) in [7, 11) is 0. The number of nitrogens with zero attached hydrogens (tertiary/aromatic N) is 1. The average Bonchev–Trinajstić information content (AvgIpc) is 2.98. The molecule has 0 saturated carbocycles. The Morgan fingerprint density at radius 2 is 2.00 bits per heavy atom. The van der Waals surface area contributed by atoms with E-state index in [1.54, 1.807) is 11.3 Å². The summed E-state index contributed by atoms with van der Waals surface area (Å²) in [6.45, 7) is 7.15. The van der Waals surface area contributed by atoms with Crippen molar-refractivity contribution in [3.63, 3.8) is 0 Å². The van der Waals surface area contributed by atoms with Crippen LogP contribution in [0.3, 0.4) is 0 Å². The second kappa shape index (κ2) is 8.33. The van der Waals surface area contributed by atoms with Gasteiger partial charge in [-0.25, -0.2) is 4.79 Å². The second-order valence-electron chi connectivity index (χ2n) is 7.09. The predicted molar refractivity (Wildman–Crippen MR) is 97.4 cm³/mol. The van der Waals surface area contributed by atoms with E-state index in [1.807, 2.05) is 25.7 Å². The molecule has 7 nitrogen and oxygen atoms in total. The number of carbonyl (C=O) groups is 3. The fraction of sp³-hybridized carbons (Fsp3) is 0.588. The molecule has 0 bridgehead atoms. The zero-order valence-electron chi connectivity index (χ0n) is 15.0. The molecule has 0 radical (unpaired) electrons. The normalized spacial score (nSPS) is 13.8. The van der Waals surface area contributed by atoms with Crippen LogP contribution in [0.2, 0.25) is 0 Å². The Morgan fingerprint density at radius 3 is 2.72 bits per heavy atom. The maximum atomic E-state index is 12.2. The Kier molecular flexibility index (Phi) is 6.41. The van der Waals surface area contributed by atoms with E-state index in [9.17, 15) is 14.4 Å². The molecule has 138 valence electrons. The Labute approximate surface area is 152 Å².